The van der Waals surface area contributed by atoms with Crippen LogP contribution in [0.4, 0.5) is 5.69 Å². The molecule has 2 aromatic heterocycles. The molecular weight excluding hydrogens is 230 g/mol. The number of nitrogens with two attached hydrogens (primary N) is 2. The molecule has 6 heteroatoms. The Morgan fingerprint density at radius 2 is 2.22 bits per heavy atom. The van der Waals surface area contributed by atoms with E-state index < -0.39 is 5.91 Å². The van der Waals surface area contributed by atoms with Crippen molar-refractivity contribution in [3.8, 4) is 5.82 Å². The van der Waals surface area contributed by atoms with Gasteiger partial charge >= 0.3 is 0 Å². The number of primary amides is 1. The number of amides is 1. The van der Waals surface area contributed by atoms with E-state index in [2.05, 4.69) is 16.9 Å². The smallest absolute Gasteiger partial charge is 0.267 e. The molecule has 94 valence electrons. The van der Waals surface area contributed by atoms with Gasteiger partial charge in [0, 0.05) is 18.8 Å². The van der Waals surface area contributed by atoms with Crippen LogP contribution in [0.25, 0.3) is 5.82 Å². The second-order valence-corrected chi connectivity index (χ2v) is 3.94. The number of nitrogens with zero attached hydrogens (tertiary/aromatic N) is 3. The van der Waals surface area contributed by atoms with Crippen LogP contribution in [0.2, 0.25) is 0 Å². The van der Waals surface area contributed by atoms with Crippen molar-refractivity contribution < 1.29 is 4.79 Å². The summed E-state index contributed by atoms with van der Waals surface area (Å²) in [5, 5.41) is 0. The zero-order valence-corrected chi connectivity index (χ0v) is 10.1. The Bertz CT molecular complexity index is 576. The maximum absolute atomic E-state index is 11.1. The first-order valence-electron chi connectivity index (χ1n) is 5.72. The lowest BCUT2D eigenvalue weighted by Crippen LogP contribution is -2.15. The summed E-state index contributed by atoms with van der Waals surface area (Å²) in [6.45, 7) is 2.07. The molecule has 6 nitrogen and oxygen atoms in total. The number of hydrogen-bond donors (Lipinski definition) is 2. The third-order valence-electron chi connectivity index (χ3n) is 2.58. The number of aryl methyl sites for hydroxylation is 1. The number of carbonyl (C=O) groups excluding carboxylic acids is 1. The van der Waals surface area contributed by atoms with Crippen LogP contribution in [-0.2, 0) is 6.42 Å². The van der Waals surface area contributed by atoms with E-state index >= 15 is 0 Å². The van der Waals surface area contributed by atoms with E-state index in [0.29, 0.717) is 11.5 Å². The van der Waals surface area contributed by atoms with Gasteiger partial charge < -0.3 is 11.5 Å². The first kappa shape index (κ1) is 12.1. The molecule has 0 aliphatic carbocycles. The van der Waals surface area contributed by atoms with Crippen molar-refractivity contribution >= 4 is 11.6 Å². The number of rotatable bonds is 4. The lowest BCUT2D eigenvalue weighted by atomic mass is 10.3. The predicted octanol–water partition coefficient (Wildman–Crippen LogP) is 0.901. The number of anilines is 1. The summed E-state index contributed by atoms with van der Waals surface area (Å²) in [5.74, 6) is 0.777. The molecular formula is C12H15N5O. The van der Waals surface area contributed by atoms with Crippen LogP contribution in [0, 0.1) is 0 Å². The minimum Gasteiger partial charge on any atom is -0.396 e. The SMILES string of the molecule is CCCc1nccn1-c1nc(C(N)=O)ccc1N. The van der Waals surface area contributed by atoms with E-state index in [1.165, 1.54) is 6.07 Å². The molecule has 0 unspecified atom stereocenters. The normalized spacial score (nSPS) is 10.5. The van der Waals surface area contributed by atoms with Crippen molar-refractivity contribution in [3.63, 3.8) is 0 Å². The van der Waals surface area contributed by atoms with E-state index in [1.54, 1.807) is 23.0 Å². The summed E-state index contributed by atoms with van der Waals surface area (Å²) in [4.78, 5) is 19.6. The number of hydrogen-bond acceptors (Lipinski definition) is 4. The molecule has 0 aromatic carbocycles. The zero-order chi connectivity index (χ0) is 13.1. The molecule has 4 N–H and O–H groups in total. The minimum atomic E-state index is -0.576. The van der Waals surface area contributed by atoms with Gasteiger partial charge in [-0.05, 0) is 18.6 Å². The summed E-state index contributed by atoms with van der Waals surface area (Å²) >= 11 is 0. The van der Waals surface area contributed by atoms with Crippen molar-refractivity contribution in [3.05, 3.63) is 36.0 Å². The van der Waals surface area contributed by atoms with Gasteiger partial charge in [0.15, 0.2) is 5.82 Å². The third-order valence-corrected chi connectivity index (χ3v) is 2.58. The van der Waals surface area contributed by atoms with Crippen LogP contribution in [0.5, 0.6) is 0 Å². The largest absolute Gasteiger partial charge is 0.396 e. The zero-order valence-electron chi connectivity index (χ0n) is 10.1. The van der Waals surface area contributed by atoms with Crippen molar-refractivity contribution in [2.45, 2.75) is 19.8 Å². The molecule has 2 aromatic rings. The summed E-state index contributed by atoms with van der Waals surface area (Å²) < 4.78 is 1.78. The fourth-order valence-electron chi connectivity index (χ4n) is 1.73. The Kier molecular flexibility index (Phi) is 3.27. The molecule has 0 aliphatic rings. The van der Waals surface area contributed by atoms with Crippen molar-refractivity contribution in [2.75, 3.05) is 5.73 Å². The molecule has 0 saturated heterocycles. The van der Waals surface area contributed by atoms with Gasteiger partial charge in [0.1, 0.15) is 11.5 Å². The molecule has 0 atom stereocenters. The van der Waals surface area contributed by atoms with Gasteiger partial charge in [0.25, 0.3) is 5.91 Å². The van der Waals surface area contributed by atoms with Crippen LogP contribution in [0.3, 0.4) is 0 Å². The van der Waals surface area contributed by atoms with Crippen molar-refractivity contribution in [1.29, 1.82) is 0 Å². The van der Waals surface area contributed by atoms with Gasteiger partial charge in [-0.2, -0.15) is 0 Å². The molecule has 2 heterocycles. The Labute approximate surface area is 105 Å². The number of aromatic nitrogens is 3. The van der Waals surface area contributed by atoms with Crippen LogP contribution in [-0.4, -0.2) is 20.4 Å². The fraction of sp³-hybridized carbons (Fsp3) is 0.250. The molecule has 18 heavy (non-hydrogen) atoms. The van der Waals surface area contributed by atoms with E-state index in [4.69, 9.17) is 11.5 Å². The lowest BCUT2D eigenvalue weighted by Gasteiger charge is -2.09. The number of imidazole rings is 1. The summed E-state index contributed by atoms with van der Waals surface area (Å²) in [6.07, 6.45) is 5.23. The average molecular weight is 245 g/mol. The number of carbonyl (C=O) groups is 1. The fourth-order valence-corrected chi connectivity index (χ4v) is 1.73. The van der Waals surface area contributed by atoms with Crippen LogP contribution < -0.4 is 11.5 Å². The summed E-state index contributed by atoms with van der Waals surface area (Å²) in [6, 6.07) is 3.13. The summed E-state index contributed by atoms with van der Waals surface area (Å²) in [5.41, 5.74) is 11.8. The van der Waals surface area contributed by atoms with Gasteiger partial charge in [0.05, 0.1) is 5.69 Å². The van der Waals surface area contributed by atoms with Crippen LogP contribution >= 0.6 is 0 Å². The van der Waals surface area contributed by atoms with Crippen molar-refractivity contribution in [1.82, 2.24) is 14.5 Å². The highest BCUT2D eigenvalue weighted by Crippen LogP contribution is 2.17. The lowest BCUT2D eigenvalue weighted by molar-refractivity contribution is 0.0995. The quantitative estimate of drug-likeness (QED) is 0.835. The molecule has 0 saturated carbocycles. The Morgan fingerprint density at radius 1 is 1.44 bits per heavy atom. The van der Waals surface area contributed by atoms with E-state index in [1.807, 2.05) is 0 Å². The molecule has 0 radical (unpaired) electrons. The van der Waals surface area contributed by atoms with Crippen molar-refractivity contribution in [2.24, 2.45) is 5.73 Å². The van der Waals surface area contributed by atoms with E-state index in [0.717, 1.165) is 18.7 Å². The Balaban J connectivity index is 2.52. The van der Waals surface area contributed by atoms with E-state index in [9.17, 15) is 4.79 Å². The Morgan fingerprint density at radius 3 is 2.89 bits per heavy atom. The van der Waals surface area contributed by atoms with Gasteiger partial charge in [-0.15, -0.1) is 0 Å². The molecule has 0 bridgehead atoms. The van der Waals surface area contributed by atoms with Crippen LogP contribution in [0.15, 0.2) is 24.5 Å². The molecule has 0 spiro atoms. The standard InChI is InChI=1S/C12H15N5O/c1-2-3-10-15-6-7-17(10)12-8(13)4-5-9(16-12)11(14)18/h4-7H,2-3,13H2,1H3,(H2,14,18). The molecule has 0 fully saturated rings. The highest BCUT2D eigenvalue weighted by molar-refractivity contribution is 5.91. The van der Waals surface area contributed by atoms with Gasteiger partial charge in [-0.25, -0.2) is 9.97 Å². The van der Waals surface area contributed by atoms with Gasteiger partial charge in [-0.1, -0.05) is 6.92 Å². The second-order valence-electron chi connectivity index (χ2n) is 3.94. The maximum Gasteiger partial charge on any atom is 0.267 e. The highest BCUT2D eigenvalue weighted by atomic mass is 16.1. The molecule has 2 rings (SSSR count). The minimum absolute atomic E-state index is 0.190. The van der Waals surface area contributed by atoms with E-state index in [-0.39, 0.29) is 5.69 Å². The van der Waals surface area contributed by atoms with Crippen LogP contribution in [0.1, 0.15) is 29.7 Å². The van der Waals surface area contributed by atoms with Gasteiger partial charge in [0.2, 0.25) is 0 Å². The Hall–Kier alpha value is -2.37. The molecule has 1 amide bonds. The third kappa shape index (κ3) is 2.17. The average Bonchev–Trinajstić information content (AvgIpc) is 2.78. The monoisotopic (exact) mass is 245 g/mol. The molecule has 0 aliphatic heterocycles. The topological polar surface area (TPSA) is 99.8 Å². The first-order valence-corrected chi connectivity index (χ1v) is 5.72. The highest BCUT2D eigenvalue weighted by Gasteiger charge is 2.11. The maximum atomic E-state index is 11.1. The first-order chi connectivity index (χ1) is 8.63. The van der Waals surface area contributed by atoms with Gasteiger partial charge in [-0.3, -0.25) is 9.36 Å². The predicted molar refractivity (Wildman–Crippen MR) is 68.3 cm³/mol. The number of nitrogen functional groups attached to an aromatic ring is 1. The summed E-state index contributed by atoms with van der Waals surface area (Å²) in [7, 11) is 0. The number of pyridine rings is 1. The second kappa shape index (κ2) is 4.87.